The van der Waals surface area contributed by atoms with Crippen LogP contribution >= 0.6 is 0 Å². The zero-order valence-corrected chi connectivity index (χ0v) is 13.6. The fraction of sp³-hybridized carbons (Fsp3) is 0.350. The number of ether oxygens (including phenoxy) is 1. The maximum absolute atomic E-state index is 12.6. The minimum absolute atomic E-state index is 0.0141. The second kappa shape index (κ2) is 6.65. The minimum atomic E-state index is -0.0141. The third-order valence-corrected chi connectivity index (χ3v) is 4.88. The van der Waals surface area contributed by atoms with Crippen molar-refractivity contribution in [2.75, 3.05) is 0 Å². The molecular formula is C20H22N2O2. The molecule has 2 unspecified atom stereocenters. The molecule has 4 heteroatoms. The first-order valence-electron chi connectivity index (χ1n) is 8.66. The number of carbonyl (C=O) groups excluding carboxylic acids is 1. The van der Waals surface area contributed by atoms with Crippen LogP contribution in [-0.2, 0) is 0 Å². The highest BCUT2D eigenvalue weighted by Crippen LogP contribution is 2.27. The Morgan fingerprint density at radius 2 is 1.67 bits per heavy atom. The molecule has 2 aliphatic heterocycles. The quantitative estimate of drug-likeness (QED) is 0.906. The number of benzene rings is 2. The van der Waals surface area contributed by atoms with Crippen molar-refractivity contribution in [3.05, 3.63) is 60.2 Å². The fourth-order valence-corrected chi connectivity index (χ4v) is 3.77. The molecular weight excluding hydrogens is 300 g/mol. The van der Waals surface area contributed by atoms with Gasteiger partial charge in [0, 0.05) is 23.7 Å². The summed E-state index contributed by atoms with van der Waals surface area (Å²) in [7, 11) is 0. The van der Waals surface area contributed by atoms with Gasteiger partial charge in [0.05, 0.1) is 0 Å². The lowest BCUT2D eigenvalue weighted by atomic mass is 9.99. The lowest BCUT2D eigenvalue weighted by Crippen LogP contribution is -2.48. The van der Waals surface area contributed by atoms with Gasteiger partial charge in [0.2, 0.25) is 0 Å². The Hall–Kier alpha value is -2.33. The monoisotopic (exact) mass is 322 g/mol. The summed E-state index contributed by atoms with van der Waals surface area (Å²) < 4.78 is 5.81. The standard InChI is InChI=1S/C20H22N2O2/c23-20(22-17-12-15-9-10-16(13-17)21-15)14-5-4-8-19(11-14)24-18-6-2-1-3-7-18/h1-8,11,15-17,21H,9-10,12-13H2,(H,22,23). The fourth-order valence-electron chi connectivity index (χ4n) is 3.77. The number of para-hydroxylation sites is 1. The molecule has 2 fully saturated rings. The molecule has 2 aromatic carbocycles. The second-order valence-electron chi connectivity index (χ2n) is 6.72. The van der Waals surface area contributed by atoms with Gasteiger partial charge in [-0.1, -0.05) is 24.3 Å². The van der Waals surface area contributed by atoms with Gasteiger partial charge in [-0.2, -0.15) is 0 Å². The molecule has 2 bridgehead atoms. The Bertz CT molecular complexity index is 705. The van der Waals surface area contributed by atoms with Crippen LogP contribution in [-0.4, -0.2) is 24.0 Å². The Labute approximate surface area is 142 Å². The van der Waals surface area contributed by atoms with E-state index in [-0.39, 0.29) is 11.9 Å². The summed E-state index contributed by atoms with van der Waals surface area (Å²) in [5.41, 5.74) is 0.648. The number of rotatable bonds is 4. The van der Waals surface area contributed by atoms with Crippen molar-refractivity contribution < 1.29 is 9.53 Å². The molecule has 2 N–H and O–H groups in total. The van der Waals surface area contributed by atoms with E-state index in [0.29, 0.717) is 23.4 Å². The van der Waals surface area contributed by atoms with Crippen LogP contribution in [0.25, 0.3) is 0 Å². The molecule has 2 aliphatic rings. The Morgan fingerprint density at radius 1 is 0.958 bits per heavy atom. The van der Waals surface area contributed by atoms with Gasteiger partial charge < -0.3 is 15.4 Å². The molecule has 2 atom stereocenters. The van der Waals surface area contributed by atoms with Gasteiger partial charge >= 0.3 is 0 Å². The number of fused-ring (bicyclic) bond motifs is 2. The van der Waals surface area contributed by atoms with E-state index < -0.39 is 0 Å². The summed E-state index contributed by atoms with van der Waals surface area (Å²) in [6, 6.07) is 18.4. The third kappa shape index (κ3) is 3.44. The van der Waals surface area contributed by atoms with Crippen molar-refractivity contribution >= 4 is 5.91 Å². The molecule has 2 aromatic rings. The van der Waals surface area contributed by atoms with Gasteiger partial charge in [-0.05, 0) is 56.0 Å². The van der Waals surface area contributed by atoms with Gasteiger partial charge in [-0.3, -0.25) is 4.79 Å². The lowest BCUT2D eigenvalue weighted by molar-refractivity contribution is 0.0923. The number of nitrogens with one attached hydrogen (secondary N) is 2. The highest BCUT2D eigenvalue weighted by molar-refractivity contribution is 5.94. The Balaban J connectivity index is 1.42. The lowest BCUT2D eigenvalue weighted by Gasteiger charge is -2.29. The van der Waals surface area contributed by atoms with Gasteiger partial charge in [0.15, 0.2) is 0 Å². The smallest absolute Gasteiger partial charge is 0.251 e. The average molecular weight is 322 g/mol. The van der Waals surface area contributed by atoms with Crippen LogP contribution < -0.4 is 15.4 Å². The molecule has 4 nitrogen and oxygen atoms in total. The van der Waals surface area contributed by atoms with Crippen molar-refractivity contribution in [3.8, 4) is 11.5 Å². The topological polar surface area (TPSA) is 50.4 Å². The van der Waals surface area contributed by atoms with Crippen molar-refractivity contribution in [2.45, 2.75) is 43.8 Å². The molecule has 0 saturated carbocycles. The van der Waals surface area contributed by atoms with E-state index in [0.717, 1.165) is 18.6 Å². The molecule has 24 heavy (non-hydrogen) atoms. The van der Waals surface area contributed by atoms with Crippen LogP contribution in [0.2, 0.25) is 0 Å². The van der Waals surface area contributed by atoms with E-state index in [1.54, 1.807) is 6.07 Å². The van der Waals surface area contributed by atoms with Crippen molar-refractivity contribution in [1.29, 1.82) is 0 Å². The minimum Gasteiger partial charge on any atom is -0.457 e. The summed E-state index contributed by atoms with van der Waals surface area (Å²) in [6.45, 7) is 0. The van der Waals surface area contributed by atoms with Crippen LogP contribution in [0, 0.1) is 0 Å². The maximum Gasteiger partial charge on any atom is 0.251 e. The average Bonchev–Trinajstić information content (AvgIpc) is 2.94. The summed E-state index contributed by atoms with van der Waals surface area (Å²) in [4.78, 5) is 12.6. The Kier molecular flexibility index (Phi) is 4.22. The van der Waals surface area contributed by atoms with Gasteiger partial charge in [-0.15, -0.1) is 0 Å². The molecule has 0 spiro atoms. The zero-order chi connectivity index (χ0) is 16.4. The third-order valence-electron chi connectivity index (χ3n) is 4.88. The molecule has 124 valence electrons. The Morgan fingerprint density at radius 3 is 2.42 bits per heavy atom. The largest absolute Gasteiger partial charge is 0.457 e. The van der Waals surface area contributed by atoms with Crippen molar-refractivity contribution in [3.63, 3.8) is 0 Å². The number of piperidine rings is 1. The van der Waals surface area contributed by atoms with E-state index in [4.69, 9.17) is 4.74 Å². The molecule has 4 rings (SSSR count). The molecule has 0 aromatic heterocycles. The van der Waals surface area contributed by atoms with E-state index in [9.17, 15) is 4.79 Å². The number of hydrogen-bond acceptors (Lipinski definition) is 3. The van der Waals surface area contributed by atoms with Crippen LogP contribution in [0.5, 0.6) is 11.5 Å². The first-order valence-corrected chi connectivity index (χ1v) is 8.66. The molecule has 0 radical (unpaired) electrons. The van der Waals surface area contributed by atoms with E-state index in [1.807, 2.05) is 48.5 Å². The second-order valence-corrected chi connectivity index (χ2v) is 6.72. The van der Waals surface area contributed by atoms with Crippen LogP contribution in [0.1, 0.15) is 36.0 Å². The number of carbonyl (C=O) groups is 1. The number of hydrogen-bond donors (Lipinski definition) is 2. The predicted octanol–water partition coefficient (Wildman–Crippen LogP) is 3.49. The van der Waals surface area contributed by atoms with Crippen molar-refractivity contribution in [2.24, 2.45) is 0 Å². The first-order chi connectivity index (χ1) is 11.8. The summed E-state index contributed by atoms with van der Waals surface area (Å²) in [5.74, 6) is 1.43. The molecule has 1 amide bonds. The van der Waals surface area contributed by atoms with Gasteiger partial charge in [0.25, 0.3) is 5.91 Å². The van der Waals surface area contributed by atoms with Crippen LogP contribution in [0.3, 0.4) is 0 Å². The van der Waals surface area contributed by atoms with Crippen molar-refractivity contribution in [1.82, 2.24) is 10.6 Å². The maximum atomic E-state index is 12.6. The molecule has 0 aliphatic carbocycles. The summed E-state index contributed by atoms with van der Waals surface area (Å²) >= 11 is 0. The summed E-state index contributed by atoms with van der Waals surface area (Å²) in [5, 5.41) is 6.79. The predicted molar refractivity (Wildman–Crippen MR) is 93.4 cm³/mol. The van der Waals surface area contributed by atoms with Crippen LogP contribution in [0.15, 0.2) is 54.6 Å². The first kappa shape index (κ1) is 15.2. The highest BCUT2D eigenvalue weighted by atomic mass is 16.5. The summed E-state index contributed by atoms with van der Waals surface area (Å²) in [6.07, 6.45) is 4.53. The molecule has 2 saturated heterocycles. The van der Waals surface area contributed by atoms with Gasteiger partial charge in [-0.25, -0.2) is 0 Å². The number of amides is 1. The normalized spacial score (nSPS) is 25.2. The highest BCUT2D eigenvalue weighted by Gasteiger charge is 2.34. The van der Waals surface area contributed by atoms with E-state index in [2.05, 4.69) is 10.6 Å². The SMILES string of the molecule is O=C(NC1CC2CCC(C1)N2)c1cccc(Oc2ccccc2)c1. The van der Waals surface area contributed by atoms with Gasteiger partial charge in [0.1, 0.15) is 11.5 Å². The van der Waals surface area contributed by atoms with E-state index in [1.165, 1.54) is 12.8 Å². The van der Waals surface area contributed by atoms with Crippen LogP contribution in [0.4, 0.5) is 0 Å². The molecule has 2 heterocycles. The zero-order valence-electron chi connectivity index (χ0n) is 13.6. The van der Waals surface area contributed by atoms with E-state index >= 15 is 0 Å².